The lowest BCUT2D eigenvalue weighted by atomic mass is 9.61. The summed E-state index contributed by atoms with van der Waals surface area (Å²) in [6.45, 7) is 26.5. The van der Waals surface area contributed by atoms with E-state index in [9.17, 15) is 9.90 Å². The van der Waals surface area contributed by atoms with Gasteiger partial charge in [-0.3, -0.25) is 0 Å². The Labute approximate surface area is 190 Å². The van der Waals surface area contributed by atoms with E-state index in [1.54, 1.807) is 0 Å². The van der Waals surface area contributed by atoms with Crippen LogP contribution in [0.2, 0.25) is 0 Å². The number of carbonyl (C=O) groups is 1. The van der Waals surface area contributed by atoms with Gasteiger partial charge in [-0.15, -0.1) is 0 Å². The predicted molar refractivity (Wildman–Crippen MR) is 134 cm³/mol. The van der Waals surface area contributed by atoms with Gasteiger partial charge in [-0.05, 0) is 49.5 Å². The first-order valence-electron chi connectivity index (χ1n) is 11.3. The zero-order valence-electron chi connectivity index (χ0n) is 21.7. The highest BCUT2D eigenvalue weighted by Gasteiger charge is 2.42. The molecule has 0 fully saturated rings. The van der Waals surface area contributed by atoms with E-state index in [1.807, 2.05) is 30.3 Å². The van der Waals surface area contributed by atoms with Crippen molar-refractivity contribution in [2.75, 3.05) is 0 Å². The molecule has 0 atom stereocenters. The Morgan fingerprint density at radius 1 is 0.581 bits per heavy atom. The Balaban J connectivity index is 3.47. The maximum atomic E-state index is 13.0. The first kappa shape index (κ1) is 25.2. The second kappa shape index (κ2) is 7.80. The van der Waals surface area contributed by atoms with Gasteiger partial charge in [0.05, 0.1) is 5.56 Å². The molecule has 2 rings (SSSR count). The van der Waals surface area contributed by atoms with Crippen LogP contribution in [0.3, 0.4) is 0 Å². The summed E-state index contributed by atoms with van der Waals surface area (Å²) in [4.78, 5) is 13.0. The van der Waals surface area contributed by atoms with Crippen molar-refractivity contribution in [1.82, 2.24) is 0 Å². The van der Waals surface area contributed by atoms with Crippen LogP contribution >= 0.6 is 0 Å². The summed E-state index contributed by atoms with van der Waals surface area (Å²) in [6.07, 6.45) is 0. The molecule has 0 aliphatic rings. The number of hydrogen-bond donors (Lipinski definition) is 1. The molecule has 0 heterocycles. The highest BCUT2D eigenvalue weighted by atomic mass is 16.4. The number of benzene rings is 2. The van der Waals surface area contributed by atoms with Gasteiger partial charge in [0, 0.05) is 5.56 Å². The van der Waals surface area contributed by atoms with Crippen LogP contribution in [-0.4, -0.2) is 11.1 Å². The molecule has 0 spiro atoms. The maximum absolute atomic E-state index is 13.0. The SMILES string of the molecule is CC(C)(C)c1c(C(=O)O)c(-c2ccccc2)c(C(C)(C)C)c(C(C)(C)C)c1C(C)(C)C. The van der Waals surface area contributed by atoms with E-state index in [1.165, 1.54) is 11.1 Å². The van der Waals surface area contributed by atoms with E-state index in [0.29, 0.717) is 5.56 Å². The molecule has 2 aromatic carbocycles. The van der Waals surface area contributed by atoms with Crippen LogP contribution in [0.5, 0.6) is 0 Å². The van der Waals surface area contributed by atoms with Crippen LogP contribution in [0.15, 0.2) is 30.3 Å². The van der Waals surface area contributed by atoms with Gasteiger partial charge in [0.15, 0.2) is 0 Å². The van der Waals surface area contributed by atoms with Crippen molar-refractivity contribution in [3.63, 3.8) is 0 Å². The van der Waals surface area contributed by atoms with Gasteiger partial charge in [0.1, 0.15) is 0 Å². The number of carboxylic acids is 1. The highest BCUT2D eigenvalue weighted by molar-refractivity contribution is 6.01. The summed E-state index contributed by atoms with van der Waals surface area (Å²) in [5.41, 5.74) is 6.01. The van der Waals surface area contributed by atoms with Gasteiger partial charge in [0.2, 0.25) is 0 Å². The average molecular weight is 423 g/mol. The summed E-state index contributed by atoms with van der Waals surface area (Å²) < 4.78 is 0. The van der Waals surface area contributed by atoms with Crippen molar-refractivity contribution >= 4 is 5.97 Å². The van der Waals surface area contributed by atoms with Crippen molar-refractivity contribution in [1.29, 1.82) is 0 Å². The molecule has 2 heteroatoms. The zero-order valence-corrected chi connectivity index (χ0v) is 21.7. The van der Waals surface area contributed by atoms with Crippen molar-refractivity contribution in [3.05, 3.63) is 58.1 Å². The van der Waals surface area contributed by atoms with Crippen LogP contribution < -0.4 is 0 Å². The van der Waals surface area contributed by atoms with Crippen LogP contribution in [0.4, 0.5) is 0 Å². The van der Waals surface area contributed by atoms with Gasteiger partial charge in [-0.1, -0.05) is 113 Å². The number of hydrogen-bond acceptors (Lipinski definition) is 1. The predicted octanol–water partition coefficient (Wildman–Crippen LogP) is 8.24. The minimum absolute atomic E-state index is 0.147. The lowest BCUT2D eigenvalue weighted by molar-refractivity contribution is 0.0694. The Morgan fingerprint density at radius 3 is 1.26 bits per heavy atom. The Morgan fingerprint density at radius 2 is 0.935 bits per heavy atom. The second-order valence-electron chi connectivity index (χ2n) is 12.9. The van der Waals surface area contributed by atoms with E-state index >= 15 is 0 Å². The molecule has 0 saturated heterocycles. The molecule has 2 aromatic rings. The molecule has 1 N–H and O–H groups in total. The number of aromatic carboxylic acids is 1. The number of carboxylic acid groups (broad SMARTS) is 1. The normalized spacial score (nSPS) is 13.4. The molecule has 0 aromatic heterocycles. The molecule has 0 aliphatic heterocycles. The van der Waals surface area contributed by atoms with Gasteiger partial charge >= 0.3 is 5.97 Å². The molecule has 170 valence electrons. The van der Waals surface area contributed by atoms with Crippen molar-refractivity contribution < 1.29 is 9.90 Å². The fraction of sp³-hybridized carbons (Fsp3) is 0.552. The Bertz CT molecular complexity index is 967. The fourth-order valence-corrected chi connectivity index (χ4v) is 4.86. The van der Waals surface area contributed by atoms with Crippen molar-refractivity contribution in [2.24, 2.45) is 0 Å². The lowest BCUT2D eigenvalue weighted by Crippen LogP contribution is -2.35. The highest BCUT2D eigenvalue weighted by Crippen LogP contribution is 2.51. The molecule has 0 saturated carbocycles. The standard InChI is InChI=1S/C29H42O2/c1-26(2,3)21-19(18-16-14-13-15-17-18)20(25(30)31)22(27(4,5)6)24(29(10,11)12)23(21)28(7,8)9/h13-17H,1-12H3,(H,30,31). The minimum atomic E-state index is -0.847. The van der Waals surface area contributed by atoms with E-state index in [2.05, 4.69) is 83.1 Å². The van der Waals surface area contributed by atoms with E-state index in [0.717, 1.165) is 22.3 Å². The molecule has 0 unspecified atom stereocenters. The van der Waals surface area contributed by atoms with E-state index < -0.39 is 5.97 Å². The van der Waals surface area contributed by atoms with E-state index in [4.69, 9.17) is 0 Å². The van der Waals surface area contributed by atoms with Crippen LogP contribution in [0, 0.1) is 0 Å². The topological polar surface area (TPSA) is 37.3 Å². The molecule has 0 amide bonds. The van der Waals surface area contributed by atoms with Crippen molar-refractivity contribution in [3.8, 4) is 11.1 Å². The number of rotatable bonds is 2. The molecule has 0 aliphatic carbocycles. The van der Waals surface area contributed by atoms with Crippen LogP contribution in [0.1, 0.15) is 116 Å². The lowest BCUT2D eigenvalue weighted by Gasteiger charge is -2.43. The third-order valence-electron chi connectivity index (χ3n) is 5.78. The molecular formula is C29H42O2. The Hall–Kier alpha value is -2.09. The Kier molecular flexibility index (Phi) is 6.33. The first-order valence-corrected chi connectivity index (χ1v) is 11.3. The van der Waals surface area contributed by atoms with Crippen LogP contribution in [-0.2, 0) is 21.7 Å². The van der Waals surface area contributed by atoms with Gasteiger partial charge in [0.25, 0.3) is 0 Å². The smallest absolute Gasteiger partial charge is 0.336 e. The fourth-order valence-electron chi connectivity index (χ4n) is 4.86. The summed E-state index contributed by atoms with van der Waals surface area (Å²) in [7, 11) is 0. The molecule has 31 heavy (non-hydrogen) atoms. The average Bonchev–Trinajstić information content (AvgIpc) is 2.56. The van der Waals surface area contributed by atoms with E-state index in [-0.39, 0.29) is 21.7 Å². The maximum Gasteiger partial charge on any atom is 0.336 e. The first-order chi connectivity index (χ1) is 13.8. The molecule has 0 radical (unpaired) electrons. The summed E-state index contributed by atoms with van der Waals surface area (Å²) in [5.74, 6) is -0.847. The molecule has 0 bridgehead atoms. The summed E-state index contributed by atoms with van der Waals surface area (Å²) in [5, 5.41) is 10.6. The largest absolute Gasteiger partial charge is 0.478 e. The molecule has 2 nitrogen and oxygen atoms in total. The monoisotopic (exact) mass is 422 g/mol. The summed E-state index contributed by atoms with van der Waals surface area (Å²) in [6, 6.07) is 10.1. The zero-order chi connectivity index (χ0) is 24.2. The minimum Gasteiger partial charge on any atom is -0.478 e. The van der Waals surface area contributed by atoms with Gasteiger partial charge < -0.3 is 5.11 Å². The summed E-state index contributed by atoms with van der Waals surface area (Å²) >= 11 is 0. The molecular weight excluding hydrogens is 380 g/mol. The van der Waals surface area contributed by atoms with Gasteiger partial charge in [-0.25, -0.2) is 4.79 Å². The third-order valence-corrected chi connectivity index (χ3v) is 5.78. The van der Waals surface area contributed by atoms with Crippen molar-refractivity contribution in [2.45, 2.75) is 105 Å². The quantitative estimate of drug-likeness (QED) is 0.529. The second-order valence-corrected chi connectivity index (χ2v) is 12.9. The van der Waals surface area contributed by atoms with Gasteiger partial charge in [-0.2, -0.15) is 0 Å². The van der Waals surface area contributed by atoms with Crippen LogP contribution in [0.25, 0.3) is 11.1 Å². The third kappa shape index (κ3) is 4.89.